The summed E-state index contributed by atoms with van der Waals surface area (Å²) in [6.45, 7) is 0.114. The summed E-state index contributed by atoms with van der Waals surface area (Å²) in [7, 11) is 0. The molecular weight excluding hydrogens is 385 g/mol. The van der Waals surface area contributed by atoms with Crippen molar-refractivity contribution < 1.29 is 9.63 Å². The predicted molar refractivity (Wildman–Crippen MR) is 107 cm³/mol. The van der Waals surface area contributed by atoms with E-state index >= 15 is 0 Å². The highest BCUT2D eigenvalue weighted by atomic mass is 35.5. The van der Waals surface area contributed by atoms with Gasteiger partial charge in [0.25, 0.3) is 5.91 Å². The van der Waals surface area contributed by atoms with E-state index in [9.17, 15) is 4.79 Å². The van der Waals surface area contributed by atoms with Crippen molar-refractivity contribution in [2.45, 2.75) is 6.61 Å². The quantitative estimate of drug-likeness (QED) is 0.182. The van der Waals surface area contributed by atoms with Crippen LogP contribution in [0.25, 0.3) is 6.08 Å². The molecule has 2 rings (SSSR count). The van der Waals surface area contributed by atoms with Gasteiger partial charge in [-0.15, -0.1) is 0 Å². The molecule has 0 heterocycles. The highest BCUT2D eigenvalue weighted by molar-refractivity contribution is 6.35. The number of oxime groups is 1. The topological polar surface area (TPSA) is 74.5 Å². The van der Waals surface area contributed by atoms with Gasteiger partial charge in [0.15, 0.2) is 0 Å². The number of hydrogen-bond donors (Lipinski definition) is 1. The van der Waals surface area contributed by atoms with E-state index in [-0.39, 0.29) is 12.2 Å². The maximum atomic E-state index is 11.9. The molecule has 0 saturated heterocycles. The smallest absolute Gasteiger partial charge is 0.267 e. The third-order valence-corrected chi connectivity index (χ3v) is 3.86. The first-order valence-electron chi connectivity index (χ1n) is 7.82. The number of rotatable bonds is 7. The van der Waals surface area contributed by atoms with E-state index in [0.717, 1.165) is 11.9 Å². The highest BCUT2D eigenvalue weighted by Crippen LogP contribution is 2.21. The lowest BCUT2D eigenvalue weighted by Crippen LogP contribution is -2.22. The molecule has 0 bridgehead atoms. The Morgan fingerprint density at radius 3 is 2.70 bits per heavy atom. The molecule has 0 aliphatic heterocycles. The molecule has 0 atom stereocenters. The molecule has 136 valence electrons. The number of hydrogen-bond acceptors (Lipinski definition) is 4. The van der Waals surface area contributed by atoms with E-state index < -0.39 is 5.91 Å². The van der Waals surface area contributed by atoms with Crippen molar-refractivity contribution in [3.05, 3.63) is 87.4 Å². The number of nitrogens with one attached hydrogen (secondary N) is 1. The third-order valence-electron chi connectivity index (χ3n) is 3.27. The first-order valence-corrected chi connectivity index (χ1v) is 8.58. The molecule has 7 heteroatoms. The summed E-state index contributed by atoms with van der Waals surface area (Å²) in [5.74, 6) is -0.591. The molecule has 0 aromatic heterocycles. The normalized spacial score (nSPS) is 11.5. The van der Waals surface area contributed by atoms with Gasteiger partial charge in [0.1, 0.15) is 24.6 Å². The Morgan fingerprint density at radius 2 is 2.00 bits per heavy atom. The van der Waals surface area contributed by atoms with Crippen LogP contribution in [0.4, 0.5) is 0 Å². The van der Waals surface area contributed by atoms with Crippen molar-refractivity contribution >= 4 is 41.5 Å². The summed E-state index contributed by atoms with van der Waals surface area (Å²) < 4.78 is 0. The molecule has 5 nitrogen and oxygen atoms in total. The van der Waals surface area contributed by atoms with Crippen molar-refractivity contribution in [1.29, 1.82) is 5.26 Å². The summed E-state index contributed by atoms with van der Waals surface area (Å²) in [6.07, 6.45) is 5.91. The van der Waals surface area contributed by atoms with Crippen molar-refractivity contribution in [3.8, 4) is 6.07 Å². The zero-order valence-corrected chi connectivity index (χ0v) is 15.6. The lowest BCUT2D eigenvalue weighted by molar-refractivity contribution is -0.115. The standard InChI is InChI=1S/C20H15Cl2N3O2/c21-18-10-9-17(19(22)11-18)13-27-25-14-24-20(26)16(12-23)8-4-7-15-5-2-1-3-6-15/h1-11,14H,13H2,(H,24,25,26)/b7-4+,16-8-. The minimum atomic E-state index is -0.591. The van der Waals surface area contributed by atoms with Crippen molar-refractivity contribution in [1.82, 2.24) is 5.32 Å². The molecule has 0 unspecified atom stereocenters. The van der Waals surface area contributed by atoms with E-state index in [1.807, 2.05) is 36.4 Å². The van der Waals surface area contributed by atoms with E-state index in [2.05, 4.69) is 10.5 Å². The lowest BCUT2D eigenvalue weighted by atomic mass is 10.2. The van der Waals surface area contributed by atoms with E-state index in [0.29, 0.717) is 15.6 Å². The summed E-state index contributed by atoms with van der Waals surface area (Å²) >= 11 is 11.8. The van der Waals surface area contributed by atoms with Crippen LogP contribution in [0.2, 0.25) is 10.0 Å². The van der Waals surface area contributed by atoms with Crippen LogP contribution >= 0.6 is 23.2 Å². The van der Waals surface area contributed by atoms with Gasteiger partial charge in [-0.3, -0.25) is 4.79 Å². The van der Waals surface area contributed by atoms with E-state index in [4.69, 9.17) is 33.3 Å². The average molecular weight is 400 g/mol. The minimum absolute atomic E-state index is 0.0608. The number of halogens is 2. The molecule has 0 aliphatic rings. The number of nitriles is 1. The van der Waals surface area contributed by atoms with Crippen LogP contribution in [0.5, 0.6) is 0 Å². The molecule has 0 fully saturated rings. The number of amides is 1. The van der Waals surface area contributed by atoms with Gasteiger partial charge >= 0.3 is 0 Å². The zero-order chi connectivity index (χ0) is 19.5. The van der Waals surface area contributed by atoms with Crippen molar-refractivity contribution in [2.24, 2.45) is 5.16 Å². The maximum absolute atomic E-state index is 11.9. The molecule has 0 radical (unpaired) electrons. The molecule has 2 aromatic rings. The average Bonchev–Trinajstić information content (AvgIpc) is 2.67. The lowest BCUT2D eigenvalue weighted by Gasteiger charge is -2.03. The Balaban J connectivity index is 1.83. The Kier molecular flexibility index (Phi) is 8.11. The monoisotopic (exact) mass is 399 g/mol. The number of allylic oxidation sites excluding steroid dienone is 2. The third kappa shape index (κ3) is 6.98. The summed E-state index contributed by atoms with van der Waals surface area (Å²) in [5, 5.41) is 16.0. The Bertz CT molecular complexity index is 917. The fourth-order valence-electron chi connectivity index (χ4n) is 1.93. The molecule has 1 N–H and O–H groups in total. The van der Waals surface area contributed by atoms with Crippen LogP contribution in [-0.4, -0.2) is 12.2 Å². The van der Waals surface area contributed by atoms with Crippen molar-refractivity contribution in [2.75, 3.05) is 0 Å². The van der Waals surface area contributed by atoms with E-state index in [1.54, 1.807) is 30.4 Å². The van der Waals surface area contributed by atoms with Crippen LogP contribution in [0.1, 0.15) is 11.1 Å². The number of benzene rings is 2. The maximum Gasteiger partial charge on any atom is 0.267 e. The fraction of sp³-hybridized carbons (Fsp3) is 0.0500. The summed E-state index contributed by atoms with van der Waals surface area (Å²) in [6, 6.07) is 16.4. The Labute approximate surface area is 167 Å². The second-order valence-electron chi connectivity index (χ2n) is 5.18. The number of carbonyl (C=O) groups excluding carboxylic acids is 1. The SMILES string of the molecule is N#C/C(=C/C=C/c1ccccc1)C(=O)N/C=N/OCc1ccc(Cl)cc1Cl. The van der Waals surface area contributed by atoms with Gasteiger partial charge in [-0.25, -0.2) is 0 Å². The second kappa shape index (κ2) is 10.8. The molecule has 0 spiro atoms. The van der Waals surface area contributed by atoms with Crippen LogP contribution in [0, 0.1) is 11.3 Å². The van der Waals surface area contributed by atoms with Gasteiger partial charge in [-0.2, -0.15) is 5.26 Å². The van der Waals surface area contributed by atoms with Gasteiger partial charge in [0.2, 0.25) is 0 Å². The predicted octanol–water partition coefficient (Wildman–Crippen LogP) is 4.73. The van der Waals surface area contributed by atoms with E-state index in [1.165, 1.54) is 6.08 Å². The molecule has 0 saturated carbocycles. The van der Waals surface area contributed by atoms with Gasteiger partial charge < -0.3 is 10.2 Å². The number of nitrogens with zero attached hydrogens (tertiary/aromatic N) is 2. The first kappa shape index (κ1) is 20.2. The second-order valence-corrected chi connectivity index (χ2v) is 6.02. The summed E-state index contributed by atoms with van der Waals surface area (Å²) in [5.41, 5.74) is 1.60. The Hall–Kier alpha value is -3.07. The van der Waals surface area contributed by atoms with Gasteiger partial charge in [0.05, 0.1) is 0 Å². The zero-order valence-electron chi connectivity index (χ0n) is 14.1. The highest BCUT2D eigenvalue weighted by Gasteiger charge is 2.05. The van der Waals surface area contributed by atoms with Crippen LogP contribution in [0.3, 0.4) is 0 Å². The summed E-state index contributed by atoms with van der Waals surface area (Å²) in [4.78, 5) is 17.0. The van der Waals surface area contributed by atoms with Crippen molar-refractivity contribution in [3.63, 3.8) is 0 Å². The van der Waals surface area contributed by atoms with Gasteiger partial charge in [-0.1, -0.05) is 76.9 Å². The molecular formula is C20H15Cl2N3O2. The molecule has 0 aliphatic carbocycles. The minimum Gasteiger partial charge on any atom is -0.390 e. The Morgan fingerprint density at radius 1 is 1.22 bits per heavy atom. The van der Waals surface area contributed by atoms with Gasteiger partial charge in [-0.05, 0) is 23.8 Å². The fourth-order valence-corrected chi connectivity index (χ4v) is 2.39. The van der Waals surface area contributed by atoms with Crippen LogP contribution in [-0.2, 0) is 16.2 Å². The molecule has 27 heavy (non-hydrogen) atoms. The number of carbonyl (C=O) groups is 1. The van der Waals surface area contributed by atoms with Crippen LogP contribution < -0.4 is 5.32 Å². The van der Waals surface area contributed by atoms with Crippen LogP contribution in [0.15, 0.2) is 71.4 Å². The molecule has 1 amide bonds. The largest absolute Gasteiger partial charge is 0.390 e. The first-order chi connectivity index (χ1) is 13.1. The molecule has 2 aromatic carbocycles. The van der Waals surface area contributed by atoms with Gasteiger partial charge in [0, 0.05) is 15.6 Å².